The van der Waals surface area contributed by atoms with Crippen LogP contribution < -0.4 is 4.74 Å². The second-order valence-corrected chi connectivity index (χ2v) is 8.44. The molecule has 1 fully saturated rings. The van der Waals surface area contributed by atoms with Crippen LogP contribution in [0.2, 0.25) is 0 Å². The van der Waals surface area contributed by atoms with Crippen LogP contribution in [0.5, 0.6) is 5.75 Å². The molecule has 23 heavy (non-hydrogen) atoms. The molecule has 7 nitrogen and oxygen atoms in total. The third-order valence-electron chi connectivity index (χ3n) is 3.50. The number of thioether (sulfide) groups is 1. The number of benzene rings is 1. The maximum atomic E-state index is 12.7. The molecule has 0 radical (unpaired) electrons. The summed E-state index contributed by atoms with van der Waals surface area (Å²) in [5.74, 6) is -0.709. The molecule has 1 heterocycles. The molecule has 0 spiro atoms. The zero-order chi connectivity index (χ0) is 17.2. The van der Waals surface area contributed by atoms with E-state index in [4.69, 9.17) is 4.74 Å². The summed E-state index contributed by atoms with van der Waals surface area (Å²) < 4.78 is 31.4. The van der Waals surface area contributed by atoms with Crippen molar-refractivity contribution in [1.29, 1.82) is 0 Å². The van der Waals surface area contributed by atoms with Crippen LogP contribution in [0.3, 0.4) is 0 Å². The molecule has 126 valence electrons. The van der Waals surface area contributed by atoms with Gasteiger partial charge in [-0.05, 0) is 30.7 Å². The topological polar surface area (TPSA) is 101 Å². The van der Waals surface area contributed by atoms with Gasteiger partial charge in [-0.1, -0.05) is 11.8 Å². The van der Waals surface area contributed by atoms with Crippen molar-refractivity contribution in [3.8, 4) is 5.75 Å². The van der Waals surface area contributed by atoms with E-state index in [9.17, 15) is 23.1 Å². The van der Waals surface area contributed by atoms with E-state index < -0.39 is 22.0 Å². The Balaban J connectivity index is 2.31. The lowest BCUT2D eigenvalue weighted by Gasteiger charge is -2.21. The summed E-state index contributed by atoms with van der Waals surface area (Å²) in [7, 11) is -2.49. The Morgan fingerprint density at radius 3 is 2.39 bits per heavy atom. The van der Waals surface area contributed by atoms with E-state index in [1.54, 1.807) is 0 Å². The number of carboxylic acids is 1. The SMILES string of the molecule is COc1ccc(S(=O)(=O)N2CC(SC(C)=O)C[C@H]2C(=O)O)cc1. The third kappa shape index (κ3) is 3.85. The molecular formula is C14H17NO6S2. The summed E-state index contributed by atoms with van der Waals surface area (Å²) in [6, 6.07) is 4.58. The molecule has 2 rings (SSSR count). The fourth-order valence-corrected chi connectivity index (χ4v) is 5.18. The first kappa shape index (κ1) is 17.8. The van der Waals surface area contributed by atoms with Gasteiger partial charge >= 0.3 is 5.97 Å². The van der Waals surface area contributed by atoms with E-state index in [-0.39, 0.29) is 28.2 Å². The smallest absolute Gasteiger partial charge is 0.322 e. The van der Waals surface area contributed by atoms with E-state index >= 15 is 0 Å². The molecule has 0 aliphatic carbocycles. The van der Waals surface area contributed by atoms with Gasteiger partial charge in [-0.25, -0.2) is 8.42 Å². The Bertz CT molecular complexity index is 700. The summed E-state index contributed by atoms with van der Waals surface area (Å²) in [6.07, 6.45) is 0.106. The first-order valence-electron chi connectivity index (χ1n) is 6.81. The number of methoxy groups -OCH3 is 1. The number of ether oxygens (including phenoxy) is 1. The van der Waals surface area contributed by atoms with Crippen LogP contribution in [0.25, 0.3) is 0 Å². The van der Waals surface area contributed by atoms with E-state index in [2.05, 4.69) is 0 Å². The number of nitrogens with zero attached hydrogens (tertiary/aromatic N) is 1. The number of aliphatic carboxylic acids is 1. The zero-order valence-corrected chi connectivity index (χ0v) is 14.3. The van der Waals surface area contributed by atoms with Crippen molar-refractivity contribution >= 4 is 32.9 Å². The molecule has 1 aromatic rings. The summed E-state index contributed by atoms with van der Waals surface area (Å²) >= 11 is 0.976. The summed E-state index contributed by atoms with van der Waals surface area (Å²) in [6.45, 7) is 1.37. The van der Waals surface area contributed by atoms with Gasteiger partial charge in [-0.15, -0.1) is 0 Å². The zero-order valence-electron chi connectivity index (χ0n) is 12.6. The first-order chi connectivity index (χ1) is 10.8. The second-order valence-electron chi connectivity index (χ2n) is 5.07. The number of carboxylic acid groups (broad SMARTS) is 1. The summed E-state index contributed by atoms with van der Waals surface area (Å²) in [5, 5.41) is 8.78. The van der Waals surface area contributed by atoms with E-state index in [1.807, 2.05) is 0 Å². The number of carbonyl (C=O) groups is 2. The van der Waals surface area contributed by atoms with Gasteiger partial charge in [0.2, 0.25) is 10.0 Å². The molecule has 1 unspecified atom stereocenters. The largest absolute Gasteiger partial charge is 0.497 e. The van der Waals surface area contributed by atoms with Crippen LogP contribution in [0, 0.1) is 0 Å². The van der Waals surface area contributed by atoms with E-state index in [1.165, 1.54) is 38.3 Å². The molecule has 0 amide bonds. The number of rotatable bonds is 5. The molecule has 1 N–H and O–H groups in total. The van der Waals surface area contributed by atoms with Gasteiger partial charge in [0, 0.05) is 18.7 Å². The quantitative estimate of drug-likeness (QED) is 0.842. The van der Waals surface area contributed by atoms with E-state index in [0.717, 1.165) is 16.1 Å². The lowest BCUT2D eigenvalue weighted by atomic mass is 10.2. The minimum Gasteiger partial charge on any atom is -0.497 e. The van der Waals surface area contributed by atoms with Crippen LogP contribution in [0.4, 0.5) is 0 Å². The van der Waals surface area contributed by atoms with Gasteiger partial charge in [-0.3, -0.25) is 9.59 Å². The Hall–Kier alpha value is -1.58. The average molecular weight is 359 g/mol. The number of hydrogen-bond donors (Lipinski definition) is 1. The maximum Gasteiger partial charge on any atom is 0.322 e. The van der Waals surface area contributed by atoms with Gasteiger partial charge in [0.1, 0.15) is 11.8 Å². The van der Waals surface area contributed by atoms with Crippen LogP contribution in [0.1, 0.15) is 13.3 Å². The van der Waals surface area contributed by atoms with Gasteiger partial charge in [0.05, 0.1) is 12.0 Å². The average Bonchev–Trinajstić information content (AvgIpc) is 2.91. The molecule has 1 aromatic carbocycles. The molecule has 2 atom stereocenters. The summed E-state index contributed by atoms with van der Waals surface area (Å²) in [4.78, 5) is 22.6. The molecule has 9 heteroatoms. The van der Waals surface area contributed by atoms with Gasteiger partial charge in [0.15, 0.2) is 5.12 Å². The Labute approximate surface area is 138 Å². The molecule has 1 aliphatic rings. The fourth-order valence-electron chi connectivity index (χ4n) is 2.46. The first-order valence-corrected chi connectivity index (χ1v) is 9.13. The molecule has 0 saturated carbocycles. The van der Waals surface area contributed by atoms with Crippen molar-refractivity contribution in [2.24, 2.45) is 0 Å². The summed E-state index contributed by atoms with van der Waals surface area (Å²) in [5.41, 5.74) is 0. The predicted molar refractivity (Wildman–Crippen MR) is 85.0 cm³/mol. The maximum absolute atomic E-state index is 12.7. The van der Waals surface area contributed by atoms with E-state index in [0.29, 0.717) is 5.75 Å². The highest BCUT2D eigenvalue weighted by Crippen LogP contribution is 2.33. The van der Waals surface area contributed by atoms with Crippen molar-refractivity contribution < 1.29 is 27.9 Å². The second kappa shape index (κ2) is 6.90. The lowest BCUT2D eigenvalue weighted by Crippen LogP contribution is -2.40. The predicted octanol–water partition coefficient (Wildman–Crippen LogP) is 1.19. The monoisotopic (exact) mass is 359 g/mol. The third-order valence-corrected chi connectivity index (χ3v) is 6.40. The van der Waals surface area contributed by atoms with Gasteiger partial charge in [-0.2, -0.15) is 4.31 Å². The van der Waals surface area contributed by atoms with Crippen LogP contribution in [-0.2, 0) is 19.6 Å². The van der Waals surface area contributed by atoms with Crippen molar-refractivity contribution in [1.82, 2.24) is 4.31 Å². The number of hydrogen-bond acceptors (Lipinski definition) is 6. The Morgan fingerprint density at radius 1 is 1.30 bits per heavy atom. The minimum atomic E-state index is -3.95. The highest BCUT2D eigenvalue weighted by molar-refractivity contribution is 8.14. The molecular weight excluding hydrogens is 342 g/mol. The molecule has 0 aromatic heterocycles. The standard InChI is InChI=1S/C14H17NO6S2/c1-9(16)22-11-7-13(14(17)18)15(8-11)23(19,20)12-5-3-10(21-2)4-6-12/h3-6,11,13H,7-8H2,1-2H3,(H,17,18)/t11?,13-/m0/s1. The van der Waals surface area contributed by atoms with Crippen LogP contribution in [-0.4, -0.2) is 53.9 Å². The number of sulfonamides is 1. The molecule has 1 aliphatic heterocycles. The van der Waals surface area contributed by atoms with Gasteiger partial charge in [0.25, 0.3) is 0 Å². The highest BCUT2D eigenvalue weighted by atomic mass is 32.2. The lowest BCUT2D eigenvalue weighted by molar-refractivity contribution is -0.140. The minimum absolute atomic E-state index is 0.00183. The van der Waals surface area contributed by atoms with Crippen molar-refractivity contribution in [2.45, 2.75) is 29.5 Å². The Kier molecular flexibility index (Phi) is 5.33. The van der Waals surface area contributed by atoms with Crippen molar-refractivity contribution in [3.05, 3.63) is 24.3 Å². The Morgan fingerprint density at radius 2 is 1.91 bits per heavy atom. The highest BCUT2D eigenvalue weighted by Gasteiger charge is 2.44. The van der Waals surface area contributed by atoms with Crippen LogP contribution >= 0.6 is 11.8 Å². The van der Waals surface area contributed by atoms with Crippen molar-refractivity contribution in [3.63, 3.8) is 0 Å². The normalized spacial score (nSPS) is 22.0. The van der Waals surface area contributed by atoms with Gasteiger partial charge < -0.3 is 9.84 Å². The van der Waals surface area contributed by atoms with Crippen LogP contribution in [0.15, 0.2) is 29.2 Å². The number of carbonyl (C=O) groups excluding carboxylic acids is 1. The molecule has 1 saturated heterocycles. The van der Waals surface area contributed by atoms with Crippen molar-refractivity contribution in [2.75, 3.05) is 13.7 Å². The molecule has 0 bridgehead atoms. The fraction of sp³-hybridized carbons (Fsp3) is 0.429.